The second-order valence-corrected chi connectivity index (χ2v) is 6.70. The van der Waals surface area contributed by atoms with E-state index in [1.165, 1.54) is 11.3 Å². The summed E-state index contributed by atoms with van der Waals surface area (Å²) in [6, 6.07) is 16.4. The summed E-state index contributed by atoms with van der Waals surface area (Å²) in [6.07, 6.45) is 3.68. The van der Waals surface area contributed by atoms with Gasteiger partial charge in [0.05, 0.1) is 25.2 Å². The Morgan fingerprint density at radius 2 is 2.04 bits per heavy atom. The molecule has 0 aliphatic carbocycles. The van der Waals surface area contributed by atoms with Crippen molar-refractivity contribution >= 4 is 0 Å². The first kappa shape index (κ1) is 16.7. The fourth-order valence-electron chi connectivity index (χ4n) is 3.72. The first-order chi connectivity index (χ1) is 12.7. The lowest BCUT2D eigenvalue weighted by molar-refractivity contribution is 0.170. The van der Waals surface area contributed by atoms with Gasteiger partial charge in [0, 0.05) is 25.2 Å². The molecule has 2 heterocycles. The highest BCUT2D eigenvalue weighted by Crippen LogP contribution is 2.33. The molecule has 0 saturated heterocycles. The van der Waals surface area contributed by atoms with Gasteiger partial charge in [-0.2, -0.15) is 0 Å². The van der Waals surface area contributed by atoms with E-state index in [1.807, 2.05) is 18.2 Å². The van der Waals surface area contributed by atoms with Crippen LogP contribution in [0.1, 0.15) is 28.6 Å². The van der Waals surface area contributed by atoms with Crippen LogP contribution < -0.4 is 4.74 Å². The minimum atomic E-state index is 0.182. The highest BCUT2D eigenvalue weighted by Gasteiger charge is 2.29. The zero-order valence-corrected chi connectivity index (χ0v) is 14.9. The van der Waals surface area contributed by atoms with Gasteiger partial charge in [-0.25, -0.2) is 4.98 Å². The molecule has 0 spiro atoms. The Hall–Kier alpha value is -2.79. The van der Waals surface area contributed by atoms with Crippen LogP contribution in [0.15, 0.2) is 54.9 Å². The maximum absolute atomic E-state index is 10.1. The lowest BCUT2D eigenvalue weighted by Crippen LogP contribution is -2.36. The predicted molar refractivity (Wildman–Crippen MR) is 100 cm³/mol. The van der Waals surface area contributed by atoms with Crippen molar-refractivity contribution in [2.75, 3.05) is 13.7 Å². The minimum Gasteiger partial charge on any atom is -0.504 e. The standard InChI is InChI=1S/C21H23N3O2/c1-26-20-8-7-16(12-19(20)25)13-24-10-9-17-21(23-14-22-17)18(24)11-15-5-3-2-4-6-15/h2-8,12,14,18,25H,9-11,13H2,1H3,(H,22,23)/t18-/m1/s1. The van der Waals surface area contributed by atoms with Crippen LogP contribution in [0.3, 0.4) is 0 Å². The molecular weight excluding hydrogens is 326 g/mol. The summed E-state index contributed by atoms with van der Waals surface area (Å²) in [5.41, 5.74) is 4.74. The molecule has 3 aromatic rings. The van der Waals surface area contributed by atoms with E-state index in [9.17, 15) is 5.11 Å². The molecule has 134 valence electrons. The number of aromatic nitrogens is 2. The van der Waals surface area contributed by atoms with Gasteiger partial charge in [0.15, 0.2) is 11.5 Å². The zero-order valence-electron chi connectivity index (χ0n) is 14.9. The Labute approximate surface area is 153 Å². The van der Waals surface area contributed by atoms with Gasteiger partial charge in [0.25, 0.3) is 0 Å². The monoisotopic (exact) mass is 349 g/mol. The lowest BCUT2D eigenvalue weighted by atomic mass is 9.95. The fourth-order valence-corrected chi connectivity index (χ4v) is 3.72. The van der Waals surface area contributed by atoms with Gasteiger partial charge in [0.1, 0.15) is 0 Å². The molecule has 0 amide bonds. The molecule has 5 nitrogen and oxygen atoms in total. The Morgan fingerprint density at radius 1 is 1.19 bits per heavy atom. The van der Waals surface area contributed by atoms with Gasteiger partial charge in [-0.05, 0) is 29.7 Å². The number of imidazole rings is 1. The molecule has 0 unspecified atom stereocenters. The molecule has 1 aromatic heterocycles. The molecule has 4 rings (SSSR count). The van der Waals surface area contributed by atoms with E-state index in [-0.39, 0.29) is 11.8 Å². The summed E-state index contributed by atoms with van der Waals surface area (Å²) in [5, 5.41) is 10.1. The maximum Gasteiger partial charge on any atom is 0.160 e. The normalized spacial score (nSPS) is 17.0. The molecule has 5 heteroatoms. The zero-order chi connectivity index (χ0) is 17.9. The van der Waals surface area contributed by atoms with Gasteiger partial charge in [-0.3, -0.25) is 4.90 Å². The number of phenols is 1. The van der Waals surface area contributed by atoms with E-state index in [0.29, 0.717) is 5.75 Å². The second-order valence-electron chi connectivity index (χ2n) is 6.70. The summed E-state index contributed by atoms with van der Waals surface area (Å²) in [5.74, 6) is 0.685. The SMILES string of the molecule is COc1ccc(CN2CCc3[nH]cnc3[C@H]2Cc2ccccc2)cc1O. The average molecular weight is 349 g/mol. The smallest absolute Gasteiger partial charge is 0.160 e. The molecule has 2 aromatic carbocycles. The Bertz CT molecular complexity index is 876. The lowest BCUT2D eigenvalue weighted by Gasteiger charge is -2.35. The van der Waals surface area contributed by atoms with Gasteiger partial charge in [-0.1, -0.05) is 36.4 Å². The van der Waals surface area contributed by atoms with Crippen LogP contribution in [0.25, 0.3) is 0 Å². The van der Waals surface area contributed by atoms with Crippen LogP contribution in [0.5, 0.6) is 11.5 Å². The van der Waals surface area contributed by atoms with E-state index in [4.69, 9.17) is 4.74 Å². The molecule has 0 fully saturated rings. The number of methoxy groups -OCH3 is 1. The first-order valence-electron chi connectivity index (χ1n) is 8.90. The van der Waals surface area contributed by atoms with E-state index < -0.39 is 0 Å². The highest BCUT2D eigenvalue weighted by atomic mass is 16.5. The van der Waals surface area contributed by atoms with Crippen molar-refractivity contribution in [2.24, 2.45) is 0 Å². The number of H-pyrrole nitrogens is 1. The van der Waals surface area contributed by atoms with Crippen molar-refractivity contribution < 1.29 is 9.84 Å². The second kappa shape index (κ2) is 7.22. The number of rotatable bonds is 5. The number of aromatic hydroxyl groups is 1. The number of ether oxygens (including phenoxy) is 1. The highest BCUT2D eigenvalue weighted by molar-refractivity contribution is 5.41. The number of hydrogen-bond acceptors (Lipinski definition) is 4. The molecule has 1 atom stereocenters. The van der Waals surface area contributed by atoms with Crippen LogP contribution in [-0.4, -0.2) is 33.6 Å². The summed E-state index contributed by atoms with van der Waals surface area (Å²) in [7, 11) is 1.56. The topological polar surface area (TPSA) is 61.4 Å². The first-order valence-corrected chi connectivity index (χ1v) is 8.90. The van der Waals surface area contributed by atoms with Crippen LogP contribution in [0.4, 0.5) is 0 Å². The van der Waals surface area contributed by atoms with Gasteiger partial charge < -0.3 is 14.8 Å². The minimum absolute atomic E-state index is 0.182. The number of phenolic OH excluding ortho intramolecular Hbond substituents is 1. The number of benzene rings is 2. The number of hydrogen-bond donors (Lipinski definition) is 2. The van der Waals surface area contributed by atoms with Crippen molar-refractivity contribution in [2.45, 2.75) is 25.4 Å². The molecular formula is C21H23N3O2. The van der Waals surface area contributed by atoms with Crippen molar-refractivity contribution in [3.8, 4) is 11.5 Å². The molecule has 1 aliphatic rings. The molecule has 0 radical (unpaired) electrons. The fraction of sp³-hybridized carbons (Fsp3) is 0.286. The number of nitrogens with zero attached hydrogens (tertiary/aromatic N) is 2. The molecule has 1 aliphatic heterocycles. The van der Waals surface area contributed by atoms with E-state index in [1.54, 1.807) is 19.5 Å². The van der Waals surface area contributed by atoms with Crippen LogP contribution in [0.2, 0.25) is 0 Å². The van der Waals surface area contributed by atoms with Crippen LogP contribution in [0, 0.1) is 0 Å². The quantitative estimate of drug-likeness (QED) is 0.740. The summed E-state index contributed by atoms with van der Waals surface area (Å²) in [4.78, 5) is 10.3. The van der Waals surface area contributed by atoms with Crippen molar-refractivity contribution in [1.82, 2.24) is 14.9 Å². The maximum atomic E-state index is 10.1. The van der Waals surface area contributed by atoms with Crippen molar-refractivity contribution in [3.05, 3.63) is 77.4 Å². The summed E-state index contributed by atoms with van der Waals surface area (Å²) in [6.45, 7) is 1.72. The molecule has 26 heavy (non-hydrogen) atoms. The molecule has 2 N–H and O–H groups in total. The van der Waals surface area contributed by atoms with Crippen LogP contribution in [-0.2, 0) is 19.4 Å². The predicted octanol–water partition coefficient (Wildman–Crippen LogP) is 3.47. The third kappa shape index (κ3) is 3.30. The Kier molecular flexibility index (Phi) is 4.63. The Morgan fingerprint density at radius 3 is 2.81 bits per heavy atom. The summed E-state index contributed by atoms with van der Waals surface area (Å²) < 4.78 is 5.15. The van der Waals surface area contributed by atoms with Crippen LogP contribution >= 0.6 is 0 Å². The summed E-state index contributed by atoms with van der Waals surface area (Å²) >= 11 is 0. The third-order valence-electron chi connectivity index (χ3n) is 5.06. The average Bonchev–Trinajstić information content (AvgIpc) is 3.14. The Balaban J connectivity index is 1.60. The number of nitrogens with one attached hydrogen (secondary N) is 1. The number of fused-ring (bicyclic) bond motifs is 1. The third-order valence-corrected chi connectivity index (χ3v) is 5.06. The molecule has 0 bridgehead atoms. The van der Waals surface area contributed by atoms with E-state index >= 15 is 0 Å². The van der Waals surface area contributed by atoms with Gasteiger partial charge >= 0.3 is 0 Å². The van der Waals surface area contributed by atoms with Crippen molar-refractivity contribution in [1.29, 1.82) is 0 Å². The van der Waals surface area contributed by atoms with E-state index in [2.05, 4.69) is 39.1 Å². The van der Waals surface area contributed by atoms with Gasteiger partial charge in [-0.15, -0.1) is 0 Å². The largest absolute Gasteiger partial charge is 0.504 e. The van der Waals surface area contributed by atoms with Crippen molar-refractivity contribution in [3.63, 3.8) is 0 Å². The van der Waals surface area contributed by atoms with Gasteiger partial charge in [0.2, 0.25) is 0 Å². The van der Waals surface area contributed by atoms with E-state index in [0.717, 1.165) is 37.2 Å². The molecule has 0 saturated carbocycles. The number of aromatic amines is 1.